The van der Waals surface area contributed by atoms with Gasteiger partial charge in [0.2, 0.25) is 0 Å². The zero-order valence-corrected chi connectivity index (χ0v) is 9.46. The van der Waals surface area contributed by atoms with Crippen LogP contribution in [-0.4, -0.2) is 11.1 Å². The van der Waals surface area contributed by atoms with Crippen molar-refractivity contribution in [3.63, 3.8) is 0 Å². The fraction of sp³-hybridized carbons (Fsp3) is 0.538. The predicted molar refractivity (Wildman–Crippen MR) is 63.1 cm³/mol. The Kier molecular flexibility index (Phi) is 2.59. The molecular weight excluding hydrogens is 186 g/mol. The molecule has 15 heavy (non-hydrogen) atoms. The molecule has 1 aromatic rings. The number of hydrogen-bond donors (Lipinski definition) is 2. The largest absolute Gasteiger partial charge is 0.508 e. The van der Waals surface area contributed by atoms with Gasteiger partial charge in [-0.15, -0.1) is 0 Å². The first-order valence-corrected chi connectivity index (χ1v) is 5.61. The van der Waals surface area contributed by atoms with Gasteiger partial charge in [0.05, 0.1) is 0 Å². The maximum Gasteiger partial charge on any atom is 0.115 e. The summed E-state index contributed by atoms with van der Waals surface area (Å²) < 4.78 is 0. The van der Waals surface area contributed by atoms with Crippen LogP contribution in [-0.2, 0) is 0 Å². The van der Waals surface area contributed by atoms with Gasteiger partial charge in [0, 0.05) is 11.7 Å². The van der Waals surface area contributed by atoms with Gasteiger partial charge in [-0.2, -0.15) is 0 Å². The van der Waals surface area contributed by atoms with E-state index in [1.54, 1.807) is 12.1 Å². The molecule has 1 atom stereocenters. The van der Waals surface area contributed by atoms with Crippen LogP contribution in [0.2, 0.25) is 0 Å². The molecule has 1 saturated carbocycles. The second kappa shape index (κ2) is 3.76. The molecule has 0 aliphatic heterocycles. The second-order valence-corrected chi connectivity index (χ2v) is 5.30. The number of hydrogen-bond acceptors (Lipinski definition) is 2. The molecular formula is C13H19NO. The Hall–Kier alpha value is -1.18. The van der Waals surface area contributed by atoms with Crippen molar-refractivity contribution in [2.24, 2.45) is 5.41 Å². The third-order valence-corrected chi connectivity index (χ3v) is 3.21. The van der Waals surface area contributed by atoms with Crippen LogP contribution in [0.1, 0.15) is 33.1 Å². The van der Waals surface area contributed by atoms with Gasteiger partial charge in [0.15, 0.2) is 0 Å². The Morgan fingerprint density at radius 3 is 2.47 bits per heavy atom. The Bertz CT molecular complexity index is 329. The fourth-order valence-electron chi connectivity index (χ4n) is 2.35. The summed E-state index contributed by atoms with van der Waals surface area (Å²) in [6.07, 6.45) is 3.77. The van der Waals surface area contributed by atoms with Crippen LogP contribution < -0.4 is 5.32 Å². The summed E-state index contributed by atoms with van der Waals surface area (Å²) in [5.41, 5.74) is 1.59. The Balaban J connectivity index is 1.96. The molecule has 1 aromatic carbocycles. The fourth-order valence-corrected chi connectivity index (χ4v) is 2.35. The highest BCUT2D eigenvalue weighted by molar-refractivity contribution is 5.46. The van der Waals surface area contributed by atoms with Gasteiger partial charge >= 0.3 is 0 Å². The molecule has 0 amide bonds. The number of anilines is 1. The number of aromatic hydroxyl groups is 1. The maximum absolute atomic E-state index is 9.17. The van der Waals surface area contributed by atoms with Crippen molar-refractivity contribution in [2.75, 3.05) is 5.32 Å². The summed E-state index contributed by atoms with van der Waals surface area (Å²) >= 11 is 0. The molecule has 0 bridgehead atoms. The van der Waals surface area contributed by atoms with Gasteiger partial charge in [-0.05, 0) is 48.9 Å². The highest BCUT2D eigenvalue weighted by Gasteiger charge is 2.30. The lowest BCUT2D eigenvalue weighted by molar-refractivity contribution is 0.378. The number of nitrogens with one attached hydrogen (secondary N) is 1. The van der Waals surface area contributed by atoms with Gasteiger partial charge in [-0.3, -0.25) is 0 Å². The van der Waals surface area contributed by atoms with Gasteiger partial charge in [-0.1, -0.05) is 13.8 Å². The number of phenols is 1. The summed E-state index contributed by atoms with van der Waals surface area (Å²) in [7, 11) is 0. The Labute approximate surface area is 91.3 Å². The maximum atomic E-state index is 9.17. The lowest BCUT2D eigenvalue weighted by Crippen LogP contribution is -2.17. The van der Waals surface area contributed by atoms with Crippen LogP contribution in [0.25, 0.3) is 0 Å². The van der Waals surface area contributed by atoms with E-state index in [1.165, 1.54) is 19.3 Å². The molecule has 1 aliphatic rings. The summed E-state index contributed by atoms with van der Waals surface area (Å²) in [6.45, 7) is 4.65. The molecule has 1 unspecified atom stereocenters. The van der Waals surface area contributed by atoms with E-state index in [1.807, 2.05) is 12.1 Å². The molecule has 0 radical (unpaired) electrons. The van der Waals surface area contributed by atoms with Crippen LogP contribution in [0.5, 0.6) is 5.75 Å². The molecule has 2 heteroatoms. The van der Waals surface area contributed by atoms with Gasteiger partial charge in [0.25, 0.3) is 0 Å². The summed E-state index contributed by atoms with van der Waals surface area (Å²) in [6, 6.07) is 7.90. The molecule has 0 heterocycles. The van der Waals surface area contributed by atoms with E-state index in [9.17, 15) is 5.11 Å². The van der Waals surface area contributed by atoms with Gasteiger partial charge in [0.1, 0.15) is 5.75 Å². The van der Waals surface area contributed by atoms with Crippen LogP contribution >= 0.6 is 0 Å². The Morgan fingerprint density at radius 2 is 1.93 bits per heavy atom. The van der Waals surface area contributed by atoms with Gasteiger partial charge in [-0.25, -0.2) is 0 Å². The lowest BCUT2D eigenvalue weighted by Gasteiger charge is -2.18. The molecule has 1 fully saturated rings. The van der Waals surface area contributed by atoms with Crippen LogP contribution in [0.15, 0.2) is 24.3 Å². The zero-order chi connectivity index (χ0) is 10.9. The number of phenolic OH excluding ortho intramolecular Hbond substituents is 1. The Morgan fingerprint density at radius 1 is 1.27 bits per heavy atom. The van der Waals surface area contributed by atoms with Crippen LogP contribution in [0.3, 0.4) is 0 Å². The third-order valence-electron chi connectivity index (χ3n) is 3.21. The van der Waals surface area contributed by atoms with Crippen molar-refractivity contribution in [1.29, 1.82) is 0 Å². The standard InChI is InChI=1S/C13H19NO/c1-13(2)8-7-11(9-13)14-10-3-5-12(15)6-4-10/h3-6,11,14-15H,7-9H2,1-2H3. The van der Waals surface area contributed by atoms with E-state index in [4.69, 9.17) is 0 Å². The normalized spacial score (nSPS) is 24.0. The number of rotatable bonds is 2. The SMILES string of the molecule is CC1(C)CCC(Nc2ccc(O)cc2)C1. The van der Waals surface area contributed by atoms with Crippen molar-refractivity contribution in [1.82, 2.24) is 0 Å². The van der Waals surface area contributed by atoms with E-state index in [0.29, 0.717) is 17.2 Å². The van der Waals surface area contributed by atoms with E-state index in [2.05, 4.69) is 19.2 Å². The molecule has 2 N–H and O–H groups in total. The van der Waals surface area contributed by atoms with Crippen molar-refractivity contribution < 1.29 is 5.11 Å². The summed E-state index contributed by atoms with van der Waals surface area (Å²) in [5, 5.41) is 12.7. The first kappa shape index (κ1) is 10.3. The van der Waals surface area contributed by atoms with E-state index >= 15 is 0 Å². The minimum atomic E-state index is 0.326. The zero-order valence-electron chi connectivity index (χ0n) is 9.46. The predicted octanol–water partition coefficient (Wildman–Crippen LogP) is 3.38. The van der Waals surface area contributed by atoms with E-state index < -0.39 is 0 Å². The first-order chi connectivity index (χ1) is 7.05. The molecule has 0 aromatic heterocycles. The monoisotopic (exact) mass is 205 g/mol. The van der Waals surface area contributed by atoms with Crippen molar-refractivity contribution in [2.45, 2.75) is 39.2 Å². The van der Waals surface area contributed by atoms with Crippen molar-refractivity contribution in [3.05, 3.63) is 24.3 Å². The smallest absolute Gasteiger partial charge is 0.115 e. The minimum absolute atomic E-state index is 0.326. The minimum Gasteiger partial charge on any atom is -0.508 e. The molecule has 0 saturated heterocycles. The molecule has 0 spiro atoms. The topological polar surface area (TPSA) is 32.3 Å². The quantitative estimate of drug-likeness (QED) is 0.725. The van der Waals surface area contributed by atoms with Crippen LogP contribution in [0.4, 0.5) is 5.69 Å². The van der Waals surface area contributed by atoms with E-state index in [0.717, 1.165) is 5.69 Å². The summed E-state index contributed by atoms with van der Waals surface area (Å²) in [4.78, 5) is 0. The lowest BCUT2D eigenvalue weighted by atomic mass is 9.92. The molecule has 2 rings (SSSR count). The first-order valence-electron chi connectivity index (χ1n) is 5.61. The molecule has 2 nitrogen and oxygen atoms in total. The summed E-state index contributed by atoms with van der Waals surface area (Å²) in [5.74, 6) is 0.326. The highest BCUT2D eigenvalue weighted by Crippen LogP contribution is 2.38. The van der Waals surface area contributed by atoms with Crippen molar-refractivity contribution >= 4 is 5.69 Å². The highest BCUT2D eigenvalue weighted by atomic mass is 16.3. The average molecular weight is 205 g/mol. The number of benzene rings is 1. The third kappa shape index (κ3) is 2.65. The van der Waals surface area contributed by atoms with Crippen molar-refractivity contribution in [3.8, 4) is 5.75 Å². The van der Waals surface area contributed by atoms with Gasteiger partial charge < -0.3 is 10.4 Å². The average Bonchev–Trinajstić information content (AvgIpc) is 2.50. The van der Waals surface area contributed by atoms with Crippen LogP contribution in [0, 0.1) is 5.41 Å². The molecule has 1 aliphatic carbocycles. The molecule has 82 valence electrons. The second-order valence-electron chi connectivity index (χ2n) is 5.30. The van der Waals surface area contributed by atoms with E-state index in [-0.39, 0.29) is 0 Å².